The van der Waals surface area contributed by atoms with Crippen molar-refractivity contribution in [3.8, 4) is 5.75 Å². The van der Waals surface area contributed by atoms with Crippen LogP contribution in [-0.4, -0.2) is 33.3 Å². The smallest absolute Gasteiger partial charge is 0.263 e. The Morgan fingerprint density at radius 1 is 1.14 bits per heavy atom. The van der Waals surface area contributed by atoms with Crippen LogP contribution in [0.3, 0.4) is 0 Å². The molecule has 1 unspecified atom stereocenters. The van der Waals surface area contributed by atoms with E-state index < -0.39 is 16.1 Å². The molecule has 1 heterocycles. The van der Waals surface area contributed by atoms with E-state index in [1.807, 2.05) is 38.1 Å². The molecule has 1 aliphatic rings. The zero-order valence-corrected chi connectivity index (χ0v) is 16.8. The fourth-order valence-corrected chi connectivity index (χ4v) is 4.16. The van der Waals surface area contributed by atoms with E-state index in [4.69, 9.17) is 4.74 Å². The van der Waals surface area contributed by atoms with Gasteiger partial charge in [-0.25, -0.2) is 8.42 Å². The van der Waals surface area contributed by atoms with Gasteiger partial charge in [0.05, 0.1) is 12.0 Å². The summed E-state index contributed by atoms with van der Waals surface area (Å²) >= 11 is 0. The highest BCUT2D eigenvalue weighted by atomic mass is 32.2. The number of amides is 1. The number of carbonyl (C=O) groups is 1. The maximum absolute atomic E-state index is 12.7. The zero-order valence-electron chi connectivity index (χ0n) is 16.0. The van der Waals surface area contributed by atoms with E-state index >= 15 is 0 Å². The second-order valence-electron chi connectivity index (χ2n) is 6.83. The molecule has 28 heavy (non-hydrogen) atoms. The Balaban J connectivity index is 1.78. The van der Waals surface area contributed by atoms with E-state index in [2.05, 4.69) is 15.0 Å². The van der Waals surface area contributed by atoms with Gasteiger partial charge in [0.15, 0.2) is 0 Å². The minimum Gasteiger partial charge on any atom is -0.497 e. The van der Waals surface area contributed by atoms with Crippen molar-refractivity contribution in [2.45, 2.75) is 31.3 Å². The van der Waals surface area contributed by atoms with E-state index in [0.717, 1.165) is 11.3 Å². The van der Waals surface area contributed by atoms with Gasteiger partial charge in [0, 0.05) is 12.1 Å². The van der Waals surface area contributed by atoms with Crippen molar-refractivity contribution in [1.29, 1.82) is 0 Å². The first-order valence-electron chi connectivity index (χ1n) is 8.92. The summed E-state index contributed by atoms with van der Waals surface area (Å²) in [5.74, 6) is 0.574. The summed E-state index contributed by atoms with van der Waals surface area (Å²) in [4.78, 5) is 17.3. The summed E-state index contributed by atoms with van der Waals surface area (Å²) in [6, 6.07) is 13.3. The van der Waals surface area contributed by atoms with Crippen molar-refractivity contribution in [3.63, 3.8) is 0 Å². The van der Waals surface area contributed by atoms with Crippen LogP contribution in [0.15, 0.2) is 58.4 Å². The van der Waals surface area contributed by atoms with Gasteiger partial charge in [-0.2, -0.15) is 0 Å². The molecule has 0 saturated carbocycles. The van der Waals surface area contributed by atoms with Gasteiger partial charge in [-0.15, -0.1) is 0 Å². The monoisotopic (exact) mass is 401 g/mol. The van der Waals surface area contributed by atoms with Gasteiger partial charge in [0.2, 0.25) is 5.91 Å². The number of sulfonamides is 1. The maximum atomic E-state index is 12.7. The Morgan fingerprint density at radius 3 is 2.46 bits per heavy atom. The van der Waals surface area contributed by atoms with Crippen LogP contribution in [0.1, 0.15) is 25.0 Å². The van der Waals surface area contributed by atoms with E-state index in [1.165, 1.54) is 6.07 Å². The number of aliphatic imine (C=N–C) groups is 1. The Kier molecular flexibility index (Phi) is 5.69. The number of rotatable bonds is 6. The van der Waals surface area contributed by atoms with Crippen LogP contribution in [0.2, 0.25) is 0 Å². The molecule has 0 aromatic heterocycles. The number of fused-ring (bicyclic) bond motifs is 1. The molecule has 1 aliphatic heterocycles. The lowest BCUT2D eigenvalue weighted by molar-refractivity contribution is -0.123. The number of methoxy groups -OCH3 is 1. The van der Waals surface area contributed by atoms with Gasteiger partial charge in [-0.1, -0.05) is 38.1 Å². The molecule has 1 amide bonds. The van der Waals surface area contributed by atoms with Crippen molar-refractivity contribution in [2.24, 2.45) is 10.9 Å². The first-order valence-corrected chi connectivity index (χ1v) is 10.4. The quantitative estimate of drug-likeness (QED) is 0.774. The van der Waals surface area contributed by atoms with Gasteiger partial charge in [-0.05, 0) is 35.7 Å². The van der Waals surface area contributed by atoms with E-state index in [1.54, 1.807) is 25.3 Å². The fourth-order valence-electron chi connectivity index (χ4n) is 2.92. The summed E-state index contributed by atoms with van der Waals surface area (Å²) in [5.41, 5.74) is 1.41. The molecule has 2 N–H and O–H groups in total. The topological polar surface area (TPSA) is 96.9 Å². The number of hydrogen-bond acceptors (Lipinski definition) is 5. The summed E-state index contributed by atoms with van der Waals surface area (Å²) in [5, 5.41) is 2.87. The van der Waals surface area contributed by atoms with E-state index in [0.29, 0.717) is 12.1 Å². The van der Waals surface area contributed by atoms with Crippen LogP contribution in [-0.2, 0) is 21.4 Å². The van der Waals surface area contributed by atoms with Crippen LogP contribution in [0.25, 0.3) is 0 Å². The van der Waals surface area contributed by atoms with Crippen LogP contribution in [0.4, 0.5) is 0 Å². The third-order valence-corrected chi connectivity index (χ3v) is 5.85. The number of benzene rings is 2. The van der Waals surface area contributed by atoms with Gasteiger partial charge in [0.25, 0.3) is 10.0 Å². The second-order valence-corrected chi connectivity index (χ2v) is 8.48. The number of amidine groups is 1. The van der Waals surface area contributed by atoms with Gasteiger partial charge in [0.1, 0.15) is 17.6 Å². The van der Waals surface area contributed by atoms with E-state index in [-0.39, 0.29) is 22.6 Å². The Hall–Kier alpha value is -2.87. The van der Waals surface area contributed by atoms with Crippen LogP contribution in [0, 0.1) is 5.92 Å². The lowest BCUT2D eigenvalue weighted by atomic mass is 10.0. The standard InChI is InChI=1S/C20H23N3O4S/c1-13(2)18(20(24)21-12-14-8-10-15(27-3)11-9-14)22-19-16-6-4-5-7-17(16)28(25,26)23-19/h4-11,13,18H,12H2,1-3H3,(H,21,24)(H,22,23). The molecule has 0 aliphatic carbocycles. The van der Waals surface area contributed by atoms with Crippen molar-refractivity contribution < 1.29 is 17.9 Å². The van der Waals surface area contributed by atoms with Crippen LogP contribution < -0.4 is 14.8 Å². The fraction of sp³-hybridized carbons (Fsp3) is 0.300. The number of carbonyl (C=O) groups excluding carboxylic acids is 1. The van der Waals surface area contributed by atoms with Crippen LogP contribution >= 0.6 is 0 Å². The molecule has 0 spiro atoms. The number of nitrogens with one attached hydrogen (secondary N) is 2. The Labute approximate surface area is 164 Å². The average Bonchev–Trinajstić information content (AvgIpc) is 2.95. The van der Waals surface area contributed by atoms with Gasteiger partial charge < -0.3 is 10.1 Å². The highest BCUT2D eigenvalue weighted by molar-refractivity contribution is 7.90. The van der Waals surface area contributed by atoms with Gasteiger partial charge in [-0.3, -0.25) is 14.5 Å². The Morgan fingerprint density at radius 2 is 1.82 bits per heavy atom. The zero-order chi connectivity index (χ0) is 20.3. The normalized spacial score (nSPS) is 17.1. The lowest BCUT2D eigenvalue weighted by Gasteiger charge is -2.17. The third-order valence-electron chi connectivity index (χ3n) is 4.46. The number of hydrogen-bond donors (Lipinski definition) is 2. The molecule has 1 atom stereocenters. The second kappa shape index (κ2) is 8.02. The summed E-state index contributed by atoms with van der Waals surface area (Å²) in [7, 11) is -2.04. The molecule has 7 nitrogen and oxygen atoms in total. The first kappa shape index (κ1) is 19.9. The number of nitrogens with zero attached hydrogens (tertiary/aromatic N) is 1. The average molecular weight is 401 g/mol. The predicted octanol–water partition coefficient (Wildman–Crippen LogP) is 2.07. The molecule has 148 valence electrons. The minimum atomic E-state index is -3.64. The molecule has 8 heteroatoms. The molecule has 0 saturated heterocycles. The molecular formula is C20H23N3O4S. The summed E-state index contributed by atoms with van der Waals surface area (Å²) in [6.07, 6.45) is 0. The first-order chi connectivity index (χ1) is 13.3. The molecule has 3 rings (SSSR count). The third kappa shape index (κ3) is 4.17. The van der Waals surface area contributed by atoms with Crippen molar-refractivity contribution in [1.82, 2.24) is 10.0 Å². The SMILES string of the molecule is COc1ccc(CNC(=O)C(N=C2NS(=O)(=O)c3ccccc32)C(C)C)cc1. The molecule has 0 bridgehead atoms. The molecule has 0 fully saturated rings. The van der Waals surface area contributed by atoms with Gasteiger partial charge >= 0.3 is 0 Å². The molecule has 2 aromatic carbocycles. The molecule has 2 aromatic rings. The lowest BCUT2D eigenvalue weighted by Crippen LogP contribution is -2.38. The largest absolute Gasteiger partial charge is 0.497 e. The highest BCUT2D eigenvalue weighted by Gasteiger charge is 2.32. The Bertz CT molecular complexity index is 998. The minimum absolute atomic E-state index is 0.111. The van der Waals surface area contributed by atoms with Crippen molar-refractivity contribution in [3.05, 3.63) is 59.7 Å². The van der Waals surface area contributed by atoms with Crippen molar-refractivity contribution >= 4 is 21.8 Å². The van der Waals surface area contributed by atoms with E-state index in [9.17, 15) is 13.2 Å². The molecular weight excluding hydrogens is 378 g/mol. The summed E-state index contributed by atoms with van der Waals surface area (Å²) < 4.78 is 32.1. The predicted molar refractivity (Wildman–Crippen MR) is 107 cm³/mol. The maximum Gasteiger partial charge on any atom is 0.263 e. The summed E-state index contributed by atoms with van der Waals surface area (Å²) in [6.45, 7) is 4.09. The molecule has 0 radical (unpaired) electrons. The van der Waals surface area contributed by atoms with Crippen LogP contribution in [0.5, 0.6) is 5.75 Å². The van der Waals surface area contributed by atoms with Crippen molar-refractivity contribution in [2.75, 3.05) is 7.11 Å². The highest BCUT2D eigenvalue weighted by Crippen LogP contribution is 2.23. The number of ether oxygens (including phenoxy) is 1.